The van der Waals surface area contributed by atoms with Crippen LogP contribution in [-0.2, 0) is 0 Å². The van der Waals surface area contributed by atoms with Gasteiger partial charge in [0.05, 0.1) is 18.2 Å². The Balaban J connectivity index is 2.42. The number of nitrogens with zero attached hydrogens (tertiary/aromatic N) is 3. The summed E-state index contributed by atoms with van der Waals surface area (Å²) in [4.78, 5) is 15.7. The van der Waals surface area contributed by atoms with Crippen LogP contribution in [0.3, 0.4) is 0 Å². The number of hydrogen-bond acceptors (Lipinski definition) is 4. The summed E-state index contributed by atoms with van der Waals surface area (Å²) in [5.41, 5.74) is 1.12. The normalized spacial score (nSPS) is 11.3. The molecule has 0 unspecified atom stereocenters. The molecule has 1 N–H and O–H groups in total. The van der Waals surface area contributed by atoms with Crippen molar-refractivity contribution in [2.75, 3.05) is 0 Å². The van der Waals surface area contributed by atoms with E-state index in [9.17, 15) is 4.79 Å². The second-order valence-corrected chi connectivity index (χ2v) is 4.07. The summed E-state index contributed by atoms with van der Waals surface area (Å²) < 4.78 is 2.67. The monoisotopic (exact) mass is 281 g/mol. The van der Waals surface area contributed by atoms with Gasteiger partial charge in [-0.25, -0.2) is 4.98 Å². The molecule has 2 rings (SSSR count). The molecule has 0 fully saturated rings. The Hall–Kier alpha value is -1.69. The van der Waals surface area contributed by atoms with Gasteiger partial charge in [0.25, 0.3) is 0 Å². The van der Waals surface area contributed by atoms with E-state index in [2.05, 4.69) is 26.1 Å². The van der Waals surface area contributed by atoms with E-state index in [1.807, 2.05) is 12.3 Å². The molecule has 2 heterocycles. The van der Waals surface area contributed by atoms with Crippen LogP contribution in [0.25, 0.3) is 5.52 Å². The van der Waals surface area contributed by atoms with E-state index >= 15 is 0 Å². The van der Waals surface area contributed by atoms with Crippen LogP contribution in [0.4, 0.5) is 0 Å². The fourth-order valence-electron chi connectivity index (χ4n) is 1.41. The van der Waals surface area contributed by atoms with Gasteiger partial charge in [-0.15, -0.1) is 5.16 Å². The molecule has 0 saturated carbocycles. The second kappa shape index (κ2) is 4.44. The van der Waals surface area contributed by atoms with Gasteiger partial charge < -0.3 is 9.61 Å². The molecule has 0 bridgehead atoms. The fourth-order valence-corrected chi connectivity index (χ4v) is 1.76. The maximum atomic E-state index is 11.7. The third kappa shape index (κ3) is 1.96. The molecule has 2 aromatic rings. The van der Waals surface area contributed by atoms with Gasteiger partial charge in [0.2, 0.25) is 0 Å². The number of pyridine rings is 1. The van der Waals surface area contributed by atoms with Crippen LogP contribution in [0.1, 0.15) is 16.9 Å². The number of ketones is 1. The number of oxime groups is 1. The van der Waals surface area contributed by atoms with Crippen LogP contribution in [-0.4, -0.2) is 26.6 Å². The summed E-state index contributed by atoms with van der Waals surface area (Å²) in [5.74, 6) is -0.178. The Morgan fingerprint density at radius 1 is 1.62 bits per heavy atom. The lowest BCUT2D eigenvalue weighted by atomic mass is 10.2. The van der Waals surface area contributed by atoms with Crippen molar-refractivity contribution in [2.45, 2.75) is 6.42 Å². The number of hydrogen-bond donors (Lipinski definition) is 1. The first-order valence-electron chi connectivity index (χ1n) is 4.53. The van der Waals surface area contributed by atoms with Crippen molar-refractivity contribution in [3.63, 3.8) is 0 Å². The molecule has 0 aliphatic rings. The van der Waals surface area contributed by atoms with E-state index in [-0.39, 0.29) is 12.2 Å². The quantitative estimate of drug-likeness (QED) is 0.406. The first kappa shape index (κ1) is 10.8. The van der Waals surface area contributed by atoms with E-state index < -0.39 is 0 Å². The third-order valence-electron chi connectivity index (χ3n) is 2.12. The lowest BCUT2D eigenvalue weighted by Crippen LogP contribution is -2.00. The number of imidazole rings is 1. The minimum absolute atomic E-state index is 0.0409. The fraction of sp³-hybridized carbons (Fsp3) is 0.100. The van der Waals surface area contributed by atoms with E-state index in [4.69, 9.17) is 5.21 Å². The average molecular weight is 282 g/mol. The summed E-state index contributed by atoms with van der Waals surface area (Å²) in [5, 5.41) is 11.0. The topological polar surface area (TPSA) is 67.0 Å². The summed E-state index contributed by atoms with van der Waals surface area (Å²) in [7, 11) is 0. The van der Waals surface area contributed by atoms with Gasteiger partial charge in [0.1, 0.15) is 12.0 Å². The van der Waals surface area contributed by atoms with E-state index in [1.54, 1.807) is 16.8 Å². The number of Topliss-reactive ketones (excluding diaryl/α,β-unsaturated/α-hetero) is 1. The number of fused-ring (bicyclic) bond motifs is 1. The lowest BCUT2D eigenvalue weighted by molar-refractivity contribution is 0.0998. The van der Waals surface area contributed by atoms with Gasteiger partial charge in [0, 0.05) is 10.7 Å². The highest BCUT2D eigenvalue weighted by Crippen LogP contribution is 2.15. The van der Waals surface area contributed by atoms with Gasteiger partial charge in [-0.3, -0.25) is 4.79 Å². The smallest absolute Gasteiger partial charge is 0.188 e. The Morgan fingerprint density at radius 3 is 3.19 bits per heavy atom. The molecule has 82 valence electrons. The Morgan fingerprint density at radius 2 is 2.44 bits per heavy atom. The van der Waals surface area contributed by atoms with Gasteiger partial charge in [-0.05, 0) is 28.1 Å². The Bertz CT molecular complexity index is 562. The van der Waals surface area contributed by atoms with Crippen LogP contribution in [0.5, 0.6) is 0 Å². The zero-order chi connectivity index (χ0) is 11.5. The van der Waals surface area contributed by atoms with Crippen LogP contribution in [0.15, 0.2) is 34.3 Å². The van der Waals surface area contributed by atoms with Gasteiger partial charge in [-0.2, -0.15) is 0 Å². The summed E-state index contributed by atoms with van der Waals surface area (Å²) in [6.45, 7) is 0. The number of halogens is 1. The molecule has 0 spiro atoms. The summed E-state index contributed by atoms with van der Waals surface area (Å²) in [6.07, 6.45) is 4.58. The predicted octanol–water partition coefficient (Wildman–Crippen LogP) is 2.13. The molecule has 0 radical (unpaired) electrons. The highest BCUT2D eigenvalue weighted by Gasteiger charge is 2.12. The van der Waals surface area contributed by atoms with Crippen molar-refractivity contribution in [1.82, 2.24) is 9.38 Å². The predicted molar refractivity (Wildman–Crippen MR) is 62.1 cm³/mol. The molecule has 16 heavy (non-hydrogen) atoms. The van der Waals surface area contributed by atoms with Crippen molar-refractivity contribution in [3.05, 3.63) is 34.8 Å². The molecule has 0 atom stereocenters. The Kier molecular flexibility index (Phi) is 3.00. The number of carbonyl (C=O) groups is 1. The molecule has 5 nitrogen and oxygen atoms in total. The molecule has 0 saturated heterocycles. The van der Waals surface area contributed by atoms with Crippen LogP contribution < -0.4 is 0 Å². The molecule has 0 amide bonds. The van der Waals surface area contributed by atoms with Gasteiger partial charge in [0.15, 0.2) is 5.78 Å². The largest absolute Gasteiger partial charge is 0.411 e. The Labute approximate surface area is 99.5 Å². The van der Waals surface area contributed by atoms with Crippen molar-refractivity contribution in [2.24, 2.45) is 5.16 Å². The standard InChI is InChI=1S/C10H8BrN3O2/c11-7-1-2-8-10(9(15)3-4-13-16)12-6-14(8)5-7/h1-2,4-6,16H,3H2. The molecule has 2 aromatic heterocycles. The first-order chi connectivity index (χ1) is 7.72. The summed E-state index contributed by atoms with van der Waals surface area (Å²) >= 11 is 3.33. The highest BCUT2D eigenvalue weighted by atomic mass is 79.9. The molecular weight excluding hydrogens is 274 g/mol. The van der Waals surface area contributed by atoms with E-state index in [0.717, 1.165) is 16.2 Å². The molecule has 0 aromatic carbocycles. The van der Waals surface area contributed by atoms with Crippen molar-refractivity contribution in [1.29, 1.82) is 0 Å². The van der Waals surface area contributed by atoms with Crippen molar-refractivity contribution >= 4 is 33.4 Å². The van der Waals surface area contributed by atoms with Crippen LogP contribution >= 0.6 is 15.9 Å². The molecular formula is C10H8BrN3O2. The van der Waals surface area contributed by atoms with Crippen molar-refractivity contribution in [3.8, 4) is 0 Å². The molecule has 0 aliphatic heterocycles. The lowest BCUT2D eigenvalue weighted by Gasteiger charge is -1.96. The third-order valence-corrected chi connectivity index (χ3v) is 2.59. The highest BCUT2D eigenvalue weighted by molar-refractivity contribution is 9.10. The van der Waals surface area contributed by atoms with Crippen molar-refractivity contribution < 1.29 is 10.0 Å². The minimum atomic E-state index is -0.178. The average Bonchev–Trinajstić information content (AvgIpc) is 2.68. The molecule has 0 aliphatic carbocycles. The second-order valence-electron chi connectivity index (χ2n) is 3.16. The van der Waals surface area contributed by atoms with Gasteiger partial charge in [-0.1, -0.05) is 0 Å². The van der Waals surface area contributed by atoms with Crippen LogP contribution in [0.2, 0.25) is 0 Å². The van der Waals surface area contributed by atoms with Gasteiger partial charge >= 0.3 is 0 Å². The zero-order valence-electron chi connectivity index (χ0n) is 8.17. The molecule has 6 heteroatoms. The first-order valence-corrected chi connectivity index (χ1v) is 5.33. The SMILES string of the molecule is O=C(CC=NO)c1ncn2cc(Br)ccc12. The zero-order valence-corrected chi connectivity index (χ0v) is 9.75. The number of aromatic nitrogens is 2. The van der Waals surface area contributed by atoms with E-state index in [1.165, 1.54) is 0 Å². The summed E-state index contributed by atoms with van der Waals surface area (Å²) in [6, 6.07) is 3.65. The number of rotatable bonds is 3. The van der Waals surface area contributed by atoms with Crippen LogP contribution in [0, 0.1) is 0 Å². The minimum Gasteiger partial charge on any atom is -0.411 e. The van der Waals surface area contributed by atoms with E-state index in [0.29, 0.717) is 5.69 Å². The number of carbonyl (C=O) groups excluding carboxylic acids is 1. The maximum absolute atomic E-state index is 11.7. The maximum Gasteiger partial charge on any atom is 0.188 e.